The van der Waals surface area contributed by atoms with Crippen LogP contribution >= 0.6 is 0 Å². The SMILES string of the molecule is OCCc1ccc(C2=CC3N=C(O[C@@H]4CO[C@H]5[C@@H]4OC[C@H]5O)NC3C=C2F)cc1. The number of halogens is 1. The maximum atomic E-state index is 14.7. The number of aliphatic imine (C=N–C) groups is 1. The first-order chi connectivity index (χ1) is 14.1. The molecule has 1 aliphatic carbocycles. The fraction of sp³-hybridized carbons (Fsp3) is 0.476. The van der Waals surface area contributed by atoms with Crippen LogP contribution in [0.4, 0.5) is 4.39 Å². The summed E-state index contributed by atoms with van der Waals surface area (Å²) in [5.41, 5.74) is 2.27. The lowest BCUT2D eigenvalue weighted by molar-refractivity contribution is 0.00501. The van der Waals surface area contributed by atoms with E-state index >= 15 is 0 Å². The van der Waals surface area contributed by atoms with Gasteiger partial charge in [-0.1, -0.05) is 24.3 Å². The molecule has 3 N–H and O–H groups in total. The first kappa shape index (κ1) is 18.7. The highest BCUT2D eigenvalue weighted by atomic mass is 19.1. The quantitative estimate of drug-likeness (QED) is 0.687. The van der Waals surface area contributed by atoms with E-state index in [4.69, 9.17) is 19.3 Å². The van der Waals surface area contributed by atoms with Crippen molar-refractivity contribution >= 4 is 11.6 Å². The number of aliphatic hydroxyl groups is 2. The van der Waals surface area contributed by atoms with Crippen molar-refractivity contribution in [3.05, 3.63) is 53.4 Å². The molecular formula is C21H23FN2O5. The van der Waals surface area contributed by atoms with Crippen LogP contribution in [0.2, 0.25) is 0 Å². The average Bonchev–Trinajstić information content (AvgIpc) is 3.39. The fourth-order valence-corrected chi connectivity index (χ4v) is 4.23. The van der Waals surface area contributed by atoms with Crippen LogP contribution in [0.5, 0.6) is 0 Å². The van der Waals surface area contributed by atoms with Crippen LogP contribution < -0.4 is 5.32 Å². The molecule has 0 radical (unpaired) electrons. The molecule has 2 unspecified atom stereocenters. The number of rotatable bonds is 4. The largest absolute Gasteiger partial charge is 0.457 e. The summed E-state index contributed by atoms with van der Waals surface area (Å²) in [6, 6.07) is 7.24. The third-order valence-electron chi connectivity index (χ3n) is 5.76. The fourth-order valence-electron chi connectivity index (χ4n) is 4.23. The van der Waals surface area contributed by atoms with Crippen molar-refractivity contribution in [2.24, 2.45) is 4.99 Å². The summed E-state index contributed by atoms with van der Waals surface area (Å²) < 4.78 is 31.8. The molecule has 0 aromatic heterocycles. The maximum Gasteiger partial charge on any atom is 0.286 e. The Labute approximate surface area is 167 Å². The van der Waals surface area contributed by atoms with Crippen LogP contribution in [0.25, 0.3) is 5.57 Å². The van der Waals surface area contributed by atoms with Gasteiger partial charge in [-0.2, -0.15) is 0 Å². The van der Waals surface area contributed by atoms with E-state index < -0.39 is 6.10 Å². The zero-order valence-electron chi connectivity index (χ0n) is 15.7. The van der Waals surface area contributed by atoms with E-state index in [9.17, 15) is 9.50 Å². The van der Waals surface area contributed by atoms with Gasteiger partial charge in [-0.25, -0.2) is 9.38 Å². The summed E-state index contributed by atoms with van der Waals surface area (Å²) in [4.78, 5) is 4.55. The predicted octanol–water partition coefficient (Wildman–Crippen LogP) is 0.712. The van der Waals surface area contributed by atoms with E-state index in [2.05, 4.69) is 10.3 Å². The molecule has 5 rings (SSSR count). The minimum atomic E-state index is -0.638. The van der Waals surface area contributed by atoms with E-state index in [0.717, 1.165) is 11.1 Å². The number of nitrogens with zero attached hydrogens (tertiary/aromatic N) is 1. The Morgan fingerprint density at radius 2 is 1.93 bits per heavy atom. The van der Waals surface area contributed by atoms with Gasteiger partial charge in [0.15, 0.2) is 6.10 Å². The summed E-state index contributed by atoms with van der Waals surface area (Å²) in [6.07, 6.45) is 2.19. The highest BCUT2D eigenvalue weighted by molar-refractivity contribution is 5.83. The minimum absolute atomic E-state index is 0.0842. The van der Waals surface area contributed by atoms with Crippen molar-refractivity contribution in [2.75, 3.05) is 19.8 Å². The van der Waals surface area contributed by atoms with E-state index in [1.807, 2.05) is 24.3 Å². The predicted molar refractivity (Wildman–Crippen MR) is 103 cm³/mol. The monoisotopic (exact) mass is 402 g/mol. The molecule has 8 heteroatoms. The molecule has 4 aliphatic rings. The van der Waals surface area contributed by atoms with Crippen LogP contribution in [0.1, 0.15) is 11.1 Å². The number of nitrogens with one attached hydrogen (secondary N) is 1. The molecule has 6 atom stereocenters. The van der Waals surface area contributed by atoms with Crippen LogP contribution in [-0.4, -0.2) is 72.6 Å². The molecule has 0 saturated carbocycles. The smallest absolute Gasteiger partial charge is 0.286 e. The van der Waals surface area contributed by atoms with Crippen molar-refractivity contribution < 1.29 is 28.8 Å². The standard InChI is InChI=1S/C21H23FN2O5/c22-14-8-16-15(7-13(14)12-3-1-11(2-4-12)5-6-25)23-21(24-16)29-18-10-28-19-17(26)9-27-20(18)19/h1-4,7-8,15-20,25-26H,5-6,9-10H2,(H,23,24)/t15?,16?,17-,18-,19-,20-/m1/s1. The number of aliphatic hydroxyl groups excluding tert-OH is 2. The Kier molecular flexibility index (Phi) is 4.87. The topological polar surface area (TPSA) is 92.5 Å². The number of allylic oxidation sites excluding steroid dienone is 2. The molecule has 3 heterocycles. The summed E-state index contributed by atoms with van der Waals surface area (Å²) in [6.45, 7) is 0.631. The first-order valence-electron chi connectivity index (χ1n) is 9.84. The van der Waals surface area contributed by atoms with Gasteiger partial charge in [-0.3, -0.25) is 0 Å². The number of hydrogen-bond acceptors (Lipinski definition) is 7. The van der Waals surface area contributed by atoms with Gasteiger partial charge in [0.05, 0.1) is 25.3 Å². The Morgan fingerprint density at radius 3 is 2.72 bits per heavy atom. The molecular weight excluding hydrogens is 379 g/mol. The molecule has 1 aromatic carbocycles. The van der Waals surface area contributed by atoms with Gasteiger partial charge in [-0.05, 0) is 29.7 Å². The zero-order valence-corrected chi connectivity index (χ0v) is 15.7. The van der Waals surface area contributed by atoms with Crippen molar-refractivity contribution in [3.8, 4) is 0 Å². The highest BCUT2D eigenvalue weighted by Gasteiger charge is 2.49. The molecule has 7 nitrogen and oxygen atoms in total. The van der Waals surface area contributed by atoms with Crippen molar-refractivity contribution in [1.82, 2.24) is 5.32 Å². The van der Waals surface area contributed by atoms with Gasteiger partial charge in [0, 0.05) is 12.2 Å². The molecule has 2 saturated heterocycles. The molecule has 1 aromatic rings. The Bertz CT molecular complexity index is 868. The van der Waals surface area contributed by atoms with Crippen molar-refractivity contribution in [2.45, 2.75) is 42.9 Å². The highest BCUT2D eigenvalue weighted by Crippen LogP contribution is 2.33. The molecule has 29 heavy (non-hydrogen) atoms. The molecule has 0 bridgehead atoms. The van der Waals surface area contributed by atoms with Gasteiger partial charge in [-0.15, -0.1) is 0 Å². The lowest BCUT2D eigenvalue weighted by atomic mass is 9.93. The summed E-state index contributed by atoms with van der Waals surface area (Å²) >= 11 is 0. The first-order valence-corrected chi connectivity index (χ1v) is 9.84. The Balaban J connectivity index is 1.30. The lowest BCUT2D eigenvalue weighted by Gasteiger charge is -2.20. The van der Waals surface area contributed by atoms with E-state index in [0.29, 0.717) is 24.6 Å². The second kappa shape index (κ2) is 7.53. The van der Waals surface area contributed by atoms with Crippen LogP contribution in [0, 0.1) is 0 Å². The molecule has 3 aliphatic heterocycles. The average molecular weight is 402 g/mol. The van der Waals surface area contributed by atoms with Crippen LogP contribution in [0.3, 0.4) is 0 Å². The van der Waals surface area contributed by atoms with Crippen molar-refractivity contribution in [1.29, 1.82) is 0 Å². The molecule has 2 fully saturated rings. The number of ether oxygens (including phenoxy) is 3. The number of fused-ring (bicyclic) bond motifs is 2. The Hall–Kier alpha value is -2.26. The summed E-state index contributed by atoms with van der Waals surface area (Å²) in [5.74, 6) is -0.309. The molecule has 154 valence electrons. The van der Waals surface area contributed by atoms with Crippen molar-refractivity contribution in [3.63, 3.8) is 0 Å². The lowest BCUT2D eigenvalue weighted by Crippen LogP contribution is -2.39. The zero-order chi connectivity index (χ0) is 20.0. The third kappa shape index (κ3) is 3.46. The second-order valence-corrected chi connectivity index (χ2v) is 7.68. The van der Waals surface area contributed by atoms with E-state index in [-0.39, 0.29) is 49.4 Å². The number of benzene rings is 1. The van der Waals surface area contributed by atoms with E-state index in [1.54, 1.807) is 6.08 Å². The number of hydrogen-bond donors (Lipinski definition) is 3. The normalized spacial score (nSPS) is 35.3. The van der Waals surface area contributed by atoms with Gasteiger partial charge in [0.25, 0.3) is 6.02 Å². The Morgan fingerprint density at radius 1 is 1.14 bits per heavy atom. The minimum Gasteiger partial charge on any atom is -0.457 e. The number of amidine groups is 1. The summed E-state index contributed by atoms with van der Waals surface area (Å²) in [7, 11) is 0. The maximum absolute atomic E-state index is 14.7. The van der Waals surface area contributed by atoms with Gasteiger partial charge in [0.2, 0.25) is 0 Å². The summed E-state index contributed by atoms with van der Waals surface area (Å²) in [5, 5.41) is 22.0. The van der Waals surface area contributed by atoms with Gasteiger partial charge < -0.3 is 29.7 Å². The third-order valence-corrected chi connectivity index (χ3v) is 5.76. The molecule has 0 spiro atoms. The second-order valence-electron chi connectivity index (χ2n) is 7.68. The van der Waals surface area contributed by atoms with Crippen LogP contribution in [-0.2, 0) is 20.6 Å². The van der Waals surface area contributed by atoms with Crippen LogP contribution in [0.15, 0.2) is 47.2 Å². The van der Waals surface area contributed by atoms with Gasteiger partial charge in [0.1, 0.15) is 24.1 Å². The molecule has 0 amide bonds. The van der Waals surface area contributed by atoms with E-state index in [1.165, 1.54) is 6.08 Å². The van der Waals surface area contributed by atoms with Gasteiger partial charge >= 0.3 is 0 Å².